The Morgan fingerprint density at radius 2 is 1.67 bits per heavy atom. The van der Waals surface area contributed by atoms with E-state index in [1.54, 1.807) is 6.92 Å². The molecule has 1 amide bonds. The van der Waals surface area contributed by atoms with Crippen LogP contribution in [0.1, 0.15) is 25.0 Å². The van der Waals surface area contributed by atoms with E-state index in [4.69, 9.17) is 15.6 Å². The number of carboxylic acid groups (broad SMARTS) is 1. The molecule has 0 aliphatic carbocycles. The van der Waals surface area contributed by atoms with E-state index < -0.39 is 12.0 Å². The van der Waals surface area contributed by atoms with Crippen LogP contribution in [-0.2, 0) is 9.59 Å². The first-order valence-electron chi connectivity index (χ1n) is 5.58. The quantitative estimate of drug-likeness (QED) is 0.746. The highest BCUT2D eigenvalue weighted by Crippen LogP contribution is 2.19. The second-order valence-electron chi connectivity index (χ2n) is 4.06. The maximum absolute atomic E-state index is 11.4. The van der Waals surface area contributed by atoms with Gasteiger partial charge in [-0.05, 0) is 31.9 Å². The Kier molecular flexibility index (Phi) is 6.67. The topological polar surface area (TPSA) is 92.4 Å². The van der Waals surface area contributed by atoms with E-state index in [1.807, 2.05) is 32.0 Å². The van der Waals surface area contributed by atoms with Gasteiger partial charge in [-0.15, -0.1) is 0 Å². The van der Waals surface area contributed by atoms with Gasteiger partial charge in [0.25, 0.3) is 5.97 Å². The molecule has 1 aromatic rings. The summed E-state index contributed by atoms with van der Waals surface area (Å²) < 4.78 is 0. The number of para-hydroxylation sites is 1. The van der Waals surface area contributed by atoms with Crippen molar-refractivity contribution < 1.29 is 14.7 Å². The number of benzene rings is 1. The minimum atomic E-state index is -0.833. The molecule has 0 saturated heterocycles. The molecular formula is C13H20N2O3. The van der Waals surface area contributed by atoms with Gasteiger partial charge < -0.3 is 16.2 Å². The molecule has 0 aromatic heterocycles. The van der Waals surface area contributed by atoms with Gasteiger partial charge in [0.1, 0.15) is 0 Å². The van der Waals surface area contributed by atoms with Crippen LogP contribution in [0.4, 0.5) is 5.69 Å². The van der Waals surface area contributed by atoms with Crippen LogP contribution in [0, 0.1) is 13.8 Å². The number of amides is 1. The van der Waals surface area contributed by atoms with Gasteiger partial charge in [-0.3, -0.25) is 9.59 Å². The fourth-order valence-electron chi connectivity index (χ4n) is 1.25. The van der Waals surface area contributed by atoms with Crippen LogP contribution in [0.25, 0.3) is 0 Å². The second kappa shape index (κ2) is 7.45. The molecule has 0 radical (unpaired) electrons. The summed E-state index contributed by atoms with van der Waals surface area (Å²) in [5.74, 6) is -0.984. The lowest BCUT2D eigenvalue weighted by atomic mass is 10.1. The number of hydrogen-bond donors (Lipinski definition) is 3. The Morgan fingerprint density at radius 3 is 2.00 bits per heavy atom. The van der Waals surface area contributed by atoms with E-state index in [9.17, 15) is 4.79 Å². The van der Waals surface area contributed by atoms with Gasteiger partial charge in [0.05, 0.1) is 6.04 Å². The van der Waals surface area contributed by atoms with Crippen molar-refractivity contribution in [3.63, 3.8) is 0 Å². The Balaban J connectivity index is 0.000000631. The third-order valence-corrected chi connectivity index (χ3v) is 2.14. The zero-order chi connectivity index (χ0) is 14.3. The molecule has 5 heteroatoms. The Hall–Kier alpha value is -1.88. The highest BCUT2D eigenvalue weighted by Gasteiger charge is 2.10. The fraction of sp³-hybridized carbons (Fsp3) is 0.385. The molecule has 1 rings (SSSR count). The van der Waals surface area contributed by atoms with E-state index in [1.165, 1.54) is 0 Å². The van der Waals surface area contributed by atoms with E-state index >= 15 is 0 Å². The van der Waals surface area contributed by atoms with Crippen LogP contribution in [0.5, 0.6) is 0 Å². The molecule has 5 nitrogen and oxygen atoms in total. The number of carbonyl (C=O) groups is 2. The summed E-state index contributed by atoms with van der Waals surface area (Å²) in [5, 5.41) is 10.2. The Bertz CT molecular complexity index is 404. The van der Waals surface area contributed by atoms with Crippen molar-refractivity contribution in [3.05, 3.63) is 29.3 Å². The summed E-state index contributed by atoms with van der Waals surface area (Å²) in [6.07, 6.45) is 0. The van der Waals surface area contributed by atoms with Crippen molar-refractivity contribution >= 4 is 17.6 Å². The number of nitrogens with two attached hydrogens (primary N) is 1. The zero-order valence-corrected chi connectivity index (χ0v) is 11.2. The number of carboxylic acids is 1. The molecule has 0 fully saturated rings. The summed E-state index contributed by atoms with van der Waals surface area (Å²) in [5.41, 5.74) is 8.45. The minimum Gasteiger partial charge on any atom is -0.481 e. The molecule has 1 atom stereocenters. The van der Waals surface area contributed by atoms with Crippen molar-refractivity contribution in [1.82, 2.24) is 0 Å². The Morgan fingerprint density at radius 1 is 1.28 bits per heavy atom. The molecule has 0 aliphatic rings. The molecule has 4 N–H and O–H groups in total. The highest BCUT2D eigenvalue weighted by molar-refractivity contribution is 5.95. The standard InChI is InChI=1S/C11H16N2O.C2H4O2/c1-7-5-4-6-8(2)10(7)13-11(14)9(3)12;1-2(3)4/h4-6,9H,12H2,1-3H3,(H,13,14);1H3,(H,3,4). The zero-order valence-electron chi connectivity index (χ0n) is 11.2. The molecular weight excluding hydrogens is 232 g/mol. The third kappa shape index (κ3) is 6.00. The van der Waals surface area contributed by atoms with Crippen LogP contribution in [-0.4, -0.2) is 23.0 Å². The fourth-order valence-corrected chi connectivity index (χ4v) is 1.25. The first-order valence-corrected chi connectivity index (χ1v) is 5.58. The third-order valence-electron chi connectivity index (χ3n) is 2.14. The average molecular weight is 252 g/mol. The Labute approximate surface area is 107 Å². The lowest BCUT2D eigenvalue weighted by Crippen LogP contribution is -2.32. The second-order valence-corrected chi connectivity index (χ2v) is 4.06. The smallest absolute Gasteiger partial charge is 0.300 e. The largest absolute Gasteiger partial charge is 0.481 e. The van der Waals surface area contributed by atoms with Gasteiger partial charge in [-0.2, -0.15) is 0 Å². The first kappa shape index (κ1) is 16.1. The van der Waals surface area contributed by atoms with Crippen LogP contribution in [0.2, 0.25) is 0 Å². The molecule has 1 aromatic carbocycles. The van der Waals surface area contributed by atoms with E-state index in [0.717, 1.165) is 23.7 Å². The van der Waals surface area contributed by atoms with Crippen molar-refractivity contribution in [1.29, 1.82) is 0 Å². The molecule has 18 heavy (non-hydrogen) atoms. The molecule has 100 valence electrons. The number of nitrogens with one attached hydrogen (secondary N) is 1. The predicted molar refractivity (Wildman–Crippen MR) is 71.5 cm³/mol. The summed E-state index contributed by atoms with van der Waals surface area (Å²) in [7, 11) is 0. The number of hydrogen-bond acceptors (Lipinski definition) is 3. The highest BCUT2D eigenvalue weighted by atomic mass is 16.4. The average Bonchev–Trinajstić information content (AvgIpc) is 2.22. The van der Waals surface area contributed by atoms with Crippen LogP contribution in [0.3, 0.4) is 0 Å². The van der Waals surface area contributed by atoms with Gasteiger partial charge in [0.15, 0.2) is 0 Å². The van der Waals surface area contributed by atoms with E-state index in [-0.39, 0.29) is 5.91 Å². The summed E-state index contributed by atoms with van der Waals surface area (Å²) in [6.45, 7) is 6.68. The summed E-state index contributed by atoms with van der Waals surface area (Å²) in [6, 6.07) is 5.41. The number of aryl methyl sites for hydroxylation is 2. The lowest BCUT2D eigenvalue weighted by molar-refractivity contribution is -0.134. The lowest BCUT2D eigenvalue weighted by Gasteiger charge is -2.12. The maximum Gasteiger partial charge on any atom is 0.300 e. The molecule has 0 heterocycles. The summed E-state index contributed by atoms with van der Waals surface area (Å²) >= 11 is 0. The minimum absolute atomic E-state index is 0.151. The number of anilines is 1. The number of carbonyl (C=O) groups excluding carboxylic acids is 1. The van der Waals surface area contributed by atoms with Crippen molar-refractivity contribution in [3.8, 4) is 0 Å². The van der Waals surface area contributed by atoms with E-state index in [2.05, 4.69) is 5.32 Å². The summed E-state index contributed by atoms with van der Waals surface area (Å²) in [4.78, 5) is 20.4. The van der Waals surface area contributed by atoms with Gasteiger partial charge in [-0.1, -0.05) is 18.2 Å². The van der Waals surface area contributed by atoms with Gasteiger partial charge >= 0.3 is 0 Å². The normalized spacial score (nSPS) is 10.9. The SMILES string of the molecule is CC(=O)O.Cc1cccc(C)c1NC(=O)C(C)N. The predicted octanol–water partition coefficient (Wildman–Crippen LogP) is 1.68. The van der Waals surface area contributed by atoms with Gasteiger partial charge in [0, 0.05) is 12.6 Å². The first-order chi connectivity index (χ1) is 8.25. The van der Waals surface area contributed by atoms with Crippen molar-refractivity contribution in [2.75, 3.05) is 5.32 Å². The van der Waals surface area contributed by atoms with Crippen molar-refractivity contribution in [2.45, 2.75) is 33.7 Å². The van der Waals surface area contributed by atoms with Gasteiger partial charge in [0.2, 0.25) is 5.91 Å². The van der Waals surface area contributed by atoms with Crippen LogP contribution >= 0.6 is 0 Å². The number of rotatable bonds is 2. The molecule has 0 saturated carbocycles. The van der Waals surface area contributed by atoms with E-state index in [0.29, 0.717) is 0 Å². The monoisotopic (exact) mass is 252 g/mol. The van der Waals surface area contributed by atoms with Crippen LogP contribution in [0.15, 0.2) is 18.2 Å². The molecule has 0 spiro atoms. The maximum atomic E-state index is 11.4. The number of aliphatic carboxylic acids is 1. The molecule has 1 unspecified atom stereocenters. The molecule has 0 aliphatic heterocycles. The van der Waals surface area contributed by atoms with Crippen LogP contribution < -0.4 is 11.1 Å². The molecule has 0 bridgehead atoms. The van der Waals surface area contributed by atoms with Crippen molar-refractivity contribution in [2.24, 2.45) is 5.73 Å². The van der Waals surface area contributed by atoms with Gasteiger partial charge in [-0.25, -0.2) is 0 Å².